The normalized spacial score (nSPS) is 10.2. The maximum Gasteiger partial charge on any atom is 0.335 e. The van der Waals surface area contributed by atoms with Gasteiger partial charge in [-0.2, -0.15) is 0 Å². The van der Waals surface area contributed by atoms with Gasteiger partial charge in [-0.05, 0) is 31.2 Å². The van der Waals surface area contributed by atoms with Gasteiger partial charge in [-0.3, -0.25) is 4.79 Å². The molecule has 0 fully saturated rings. The van der Waals surface area contributed by atoms with Crippen molar-refractivity contribution in [2.75, 3.05) is 19.0 Å². The Morgan fingerprint density at radius 3 is 2.14 bits per heavy atom. The monoisotopic (exact) mass is 284 g/mol. The third kappa shape index (κ3) is 3.25. The van der Waals surface area contributed by atoms with Gasteiger partial charge < -0.3 is 10.0 Å². The SMILES string of the molecule is CC(=O)c1cc(-c2ccc(C(=O)O)cc2)nc(N(C)C)c1. The van der Waals surface area contributed by atoms with E-state index < -0.39 is 5.97 Å². The second-order valence-corrected chi connectivity index (χ2v) is 4.93. The molecule has 0 spiro atoms. The van der Waals surface area contributed by atoms with E-state index in [1.54, 1.807) is 24.3 Å². The molecule has 5 heteroatoms. The molecule has 5 nitrogen and oxygen atoms in total. The average Bonchev–Trinajstić information content (AvgIpc) is 2.46. The predicted molar refractivity (Wildman–Crippen MR) is 81.0 cm³/mol. The van der Waals surface area contributed by atoms with Crippen LogP contribution in [0.5, 0.6) is 0 Å². The fraction of sp³-hybridized carbons (Fsp3) is 0.188. The number of aromatic carboxylic acids is 1. The van der Waals surface area contributed by atoms with Crippen molar-refractivity contribution in [2.45, 2.75) is 6.92 Å². The molecule has 1 heterocycles. The van der Waals surface area contributed by atoms with E-state index >= 15 is 0 Å². The van der Waals surface area contributed by atoms with Crippen LogP contribution in [0.1, 0.15) is 27.6 Å². The molecular weight excluding hydrogens is 268 g/mol. The van der Waals surface area contributed by atoms with Crippen LogP contribution in [0.25, 0.3) is 11.3 Å². The summed E-state index contributed by atoms with van der Waals surface area (Å²) >= 11 is 0. The molecule has 1 N–H and O–H groups in total. The zero-order valence-electron chi connectivity index (χ0n) is 12.1. The second-order valence-electron chi connectivity index (χ2n) is 4.93. The topological polar surface area (TPSA) is 70.5 Å². The van der Waals surface area contributed by atoms with Crippen molar-refractivity contribution in [3.8, 4) is 11.3 Å². The summed E-state index contributed by atoms with van der Waals surface area (Å²) in [6.45, 7) is 1.51. The van der Waals surface area contributed by atoms with Crippen molar-refractivity contribution in [2.24, 2.45) is 0 Å². The number of carbonyl (C=O) groups is 2. The minimum Gasteiger partial charge on any atom is -0.478 e. The van der Waals surface area contributed by atoms with Gasteiger partial charge in [0.15, 0.2) is 5.78 Å². The maximum absolute atomic E-state index is 11.6. The third-order valence-corrected chi connectivity index (χ3v) is 3.10. The lowest BCUT2D eigenvalue weighted by Gasteiger charge is -2.14. The number of ketones is 1. The average molecular weight is 284 g/mol. The summed E-state index contributed by atoms with van der Waals surface area (Å²) in [5.41, 5.74) is 2.20. The lowest BCUT2D eigenvalue weighted by molar-refractivity contribution is 0.0696. The Morgan fingerprint density at radius 2 is 1.67 bits per heavy atom. The highest BCUT2D eigenvalue weighted by Gasteiger charge is 2.10. The Labute approximate surface area is 122 Å². The van der Waals surface area contributed by atoms with Crippen LogP contribution < -0.4 is 4.90 Å². The fourth-order valence-corrected chi connectivity index (χ4v) is 1.88. The maximum atomic E-state index is 11.6. The number of hydrogen-bond donors (Lipinski definition) is 1. The van der Waals surface area contributed by atoms with Crippen LogP contribution in [0.3, 0.4) is 0 Å². The Morgan fingerprint density at radius 1 is 1.05 bits per heavy atom. The smallest absolute Gasteiger partial charge is 0.335 e. The highest BCUT2D eigenvalue weighted by atomic mass is 16.4. The molecule has 0 saturated heterocycles. The lowest BCUT2D eigenvalue weighted by atomic mass is 10.1. The summed E-state index contributed by atoms with van der Waals surface area (Å²) in [5.74, 6) is -0.329. The van der Waals surface area contributed by atoms with E-state index in [4.69, 9.17) is 5.11 Å². The van der Waals surface area contributed by atoms with Crippen molar-refractivity contribution in [1.29, 1.82) is 0 Å². The third-order valence-electron chi connectivity index (χ3n) is 3.10. The number of benzene rings is 1. The zero-order valence-corrected chi connectivity index (χ0v) is 12.1. The highest BCUT2D eigenvalue weighted by Crippen LogP contribution is 2.23. The van der Waals surface area contributed by atoms with E-state index in [0.717, 1.165) is 5.56 Å². The predicted octanol–water partition coefficient (Wildman–Crippen LogP) is 2.72. The first kappa shape index (κ1) is 14.7. The minimum absolute atomic E-state index is 0.0380. The summed E-state index contributed by atoms with van der Waals surface area (Å²) in [4.78, 5) is 28.8. The molecule has 0 saturated carbocycles. The first-order valence-corrected chi connectivity index (χ1v) is 6.42. The Hall–Kier alpha value is -2.69. The molecule has 0 atom stereocenters. The van der Waals surface area contributed by atoms with Crippen LogP contribution in [0.2, 0.25) is 0 Å². The van der Waals surface area contributed by atoms with Crippen molar-refractivity contribution in [3.63, 3.8) is 0 Å². The van der Waals surface area contributed by atoms with Gasteiger partial charge in [0.2, 0.25) is 0 Å². The molecule has 21 heavy (non-hydrogen) atoms. The molecule has 0 aliphatic carbocycles. The molecule has 108 valence electrons. The number of anilines is 1. The summed E-state index contributed by atoms with van der Waals surface area (Å²) < 4.78 is 0. The van der Waals surface area contributed by atoms with Gasteiger partial charge in [-0.1, -0.05) is 12.1 Å². The molecule has 0 unspecified atom stereocenters. The molecule has 1 aromatic carbocycles. The molecular formula is C16H16N2O3. The molecule has 0 aliphatic rings. The fourth-order valence-electron chi connectivity index (χ4n) is 1.88. The Bertz CT molecular complexity index is 691. The number of hydrogen-bond acceptors (Lipinski definition) is 4. The molecule has 2 rings (SSSR count). The number of Topliss-reactive ketones (excluding diaryl/α,β-unsaturated/α-hetero) is 1. The van der Waals surface area contributed by atoms with Crippen molar-refractivity contribution in [1.82, 2.24) is 4.98 Å². The molecule has 0 amide bonds. The van der Waals surface area contributed by atoms with Crippen molar-refractivity contribution < 1.29 is 14.7 Å². The standard InChI is InChI=1S/C16H16N2O3/c1-10(19)13-8-14(17-15(9-13)18(2)3)11-4-6-12(7-5-11)16(20)21/h4-9H,1-3H3,(H,20,21). The first-order chi connectivity index (χ1) is 9.88. The number of carboxylic acids is 1. The number of carboxylic acid groups (broad SMARTS) is 1. The number of rotatable bonds is 4. The number of aromatic nitrogens is 1. The van der Waals surface area contributed by atoms with Gasteiger partial charge in [0.25, 0.3) is 0 Å². The molecule has 0 bridgehead atoms. The van der Waals surface area contributed by atoms with E-state index in [-0.39, 0.29) is 11.3 Å². The second kappa shape index (κ2) is 5.75. The highest BCUT2D eigenvalue weighted by molar-refractivity contribution is 5.96. The van der Waals surface area contributed by atoms with E-state index in [1.807, 2.05) is 19.0 Å². The van der Waals surface area contributed by atoms with Gasteiger partial charge in [-0.15, -0.1) is 0 Å². The van der Waals surface area contributed by atoms with Crippen LogP contribution in [-0.4, -0.2) is 35.9 Å². The minimum atomic E-state index is -0.971. The van der Waals surface area contributed by atoms with Crippen LogP contribution in [-0.2, 0) is 0 Å². The van der Waals surface area contributed by atoms with Gasteiger partial charge in [0.05, 0.1) is 11.3 Å². The summed E-state index contributed by atoms with van der Waals surface area (Å²) in [5, 5.41) is 8.91. The Balaban J connectivity index is 2.51. The van der Waals surface area contributed by atoms with Crippen molar-refractivity contribution >= 4 is 17.6 Å². The van der Waals surface area contributed by atoms with E-state index in [2.05, 4.69) is 4.98 Å². The van der Waals surface area contributed by atoms with Crippen molar-refractivity contribution in [3.05, 3.63) is 47.5 Å². The molecule has 1 aromatic heterocycles. The Kier molecular flexibility index (Phi) is 4.03. The van der Waals surface area contributed by atoms with E-state index in [1.165, 1.54) is 19.1 Å². The quantitative estimate of drug-likeness (QED) is 0.874. The molecule has 0 radical (unpaired) electrons. The van der Waals surface area contributed by atoms with Crippen LogP contribution in [0.4, 0.5) is 5.82 Å². The summed E-state index contributed by atoms with van der Waals surface area (Å²) in [7, 11) is 3.70. The van der Waals surface area contributed by atoms with Crippen LogP contribution >= 0.6 is 0 Å². The van der Waals surface area contributed by atoms with E-state index in [0.29, 0.717) is 17.1 Å². The van der Waals surface area contributed by atoms with Crippen LogP contribution in [0.15, 0.2) is 36.4 Å². The van der Waals surface area contributed by atoms with Gasteiger partial charge in [0.1, 0.15) is 5.82 Å². The number of pyridine rings is 1. The largest absolute Gasteiger partial charge is 0.478 e. The number of nitrogens with zero attached hydrogens (tertiary/aromatic N) is 2. The zero-order chi connectivity index (χ0) is 15.6. The summed E-state index contributed by atoms with van der Waals surface area (Å²) in [6.07, 6.45) is 0. The molecule has 0 aliphatic heterocycles. The first-order valence-electron chi connectivity index (χ1n) is 6.42. The number of carbonyl (C=O) groups excluding carboxylic acids is 1. The van der Waals surface area contributed by atoms with E-state index in [9.17, 15) is 9.59 Å². The summed E-state index contributed by atoms with van der Waals surface area (Å²) in [6, 6.07) is 9.87. The lowest BCUT2D eigenvalue weighted by Crippen LogP contribution is -2.12. The van der Waals surface area contributed by atoms with Gasteiger partial charge in [-0.25, -0.2) is 9.78 Å². The molecule has 2 aromatic rings. The van der Waals surface area contributed by atoms with Gasteiger partial charge >= 0.3 is 5.97 Å². The van der Waals surface area contributed by atoms with Gasteiger partial charge in [0, 0.05) is 25.2 Å². The van der Waals surface area contributed by atoms with Crippen LogP contribution in [0, 0.1) is 0 Å².